The van der Waals surface area contributed by atoms with Gasteiger partial charge in [-0.15, -0.1) is 0 Å². The van der Waals surface area contributed by atoms with Crippen molar-refractivity contribution in [2.45, 2.75) is 78.8 Å². The van der Waals surface area contributed by atoms with E-state index in [0.717, 1.165) is 12.3 Å². The van der Waals surface area contributed by atoms with E-state index in [4.69, 9.17) is 0 Å². The predicted molar refractivity (Wildman–Crippen MR) is 132 cm³/mol. The fraction of sp³-hybridized carbons (Fsp3) is 0.630. The van der Waals surface area contributed by atoms with Crippen LogP contribution in [0.2, 0.25) is 0 Å². The summed E-state index contributed by atoms with van der Waals surface area (Å²) >= 11 is 0. The molecule has 2 bridgehead atoms. The molecule has 2 heterocycles. The van der Waals surface area contributed by atoms with Crippen molar-refractivity contribution in [3.63, 3.8) is 0 Å². The van der Waals surface area contributed by atoms with Gasteiger partial charge in [0.05, 0.1) is 21.5 Å². The second-order valence-electron chi connectivity index (χ2n) is 11.7. The Labute approximate surface area is 192 Å². The Morgan fingerprint density at radius 1 is 0.818 bits per heavy atom. The normalized spacial score (nSPS) is 25.3. The lowest BCUT2D eigenvalue weighted by Crippen LogP contribution is -2.40. The SMILES string of the molecule is CCC(C)(C)n1c(=O)c2cc3c(=O)n(CC4CC5CC4CC5CC(C)C)c(=O)c3cc2c1=O. The molecule has 2 aromatic heterocycles. The number of hydrogen-bond acceptors (Lipinski definition) is 4. The number of nitrogens with zero attached hydrogens (tertiary/aromatic N) is 2. The van der Waals surface area contributed by atoms with Crippen LogP contribution in [0.4, 0.5) is 0 Å². The second-order valence-corrected chi connectivity index (χ2v) is 11.7. The first-order valence-electron chi connectivity index (χ1n) is 12.5. The molecular formula is C27H34N2O4. The summed E-state index contributed by atoms with van der Waals surface area (Å²) in [4.78, 5) is 52.6. The summed E-state index contributed by atoms with van der Waals surface area (Å²) < 4.78 is 2.63. The largest absolute Gasteiger partial charge is 0.274 e. The fourth-order valence-corrected chi connectivity index (χ4v) is 6.76. The number of benzene rings is 1. The number of aromatic nitrogens is 2. The van der Waals surface area contributed by atoms with Gasteiger partial charge < -0.3 is 0 Å². The summed E-state index contributed by atoms with van der Waals surface area (Å²) in [5.41, 5.74) is -2.05. The average Bonchev–Trinajstić information content (AvgIpc) is 3.46. The minimum atomic E-state index is -0.632. The van der Waals surface area contributed by atoms with Crippen LogP contribution in [-0.4, -0.2) is 9.13 Å². The Bertz CT molecular complexity index is 1370. The zero-order valence-corrected chi connectivity index (χ0v) is 20.3. The number of fused-ring (bicyclic) bond motifs is 4. The lowest BCUT2D eigenvalue weighted by Gasteiger charge is -2.29. The lowest BCUT2D eigenvalue weighted by atomic mass is 9.78. The molecule has 6 nitrogen and oxygen atoms in total. The van der Waals surface area contributed by atoms with Crippen molar-refractivity contribution >= 4 is 21.5 Å². The first-order valence-corrected chi connectivity index (χ1v) is 12.5. The van der Waals surface area contributed by atoms with E-state index >= 15 is 0 Å². The van der Waals surface area contributed by atoms with Crippen LogP contribution in [0.15, 0.2) is 31.3 Å². The molecule has 3 aromatic rings. The Balaban J connectivity index is 1.53. The van der Waals surface area contributed by atoms with Crippen LogP contribution in [0.25, 0.3) is 21.5 Å². The van der Waals surface area contributed by atoms with E-state index in [2.05, 4.69) is 13.8 Å². The summed E-state index contributed by atoms with van der Waals surface area (Å²) in [6, 6.07) is 2.96. The van der Waals surface area contributed by atoms with E-state index in [1.54, 1.807) is 0 Å². The van der Waals surface area contributed by atoms with Crippen LogP contribution in [0.5, 0.6) is 0 Å². The minimum Gasteiger partial charge on any atom is -0.274 e. The molecule has 2 aliphatic rings. The molecule has 33 heavy (non-hydrogen) atoms. The van der Waals surface area contributed by atoms with Crippen LogP contribution < -0.4 is 22.2 Å². The zero-order chi connectivity index (χ0) is 23.8. The van der Waals surface area contributed by atoms with Crippen molar-refractivity contribution in [2.75, 3.05) is 0 Å². The van der Waals surface area contributed by atoms with Crippen molar-refractivity contribution in [3.8, 4) is 0 Å². The van der Waals surface area contributed by atoms with E-state index in [9.17, 15) is 19.2 Å². The number of hydrogen-bond donors (Lipinski definition) is 0. The maximum Gasteiger partial charge on any atom is 0.262 e. The van der Waals surface area contributed by atoms with Gasteiger partial charge >= 0.3 is 0 Å². The van der Waals surface area contributed by atoms with Crippen LogP contribution in [0.3, 0.4) is 0 Å². The fourth-order valence-electron chi connectivity index (χ4n) is 6.76. The van der Waals surface area contributed by atoms with Gasteiger partial charge in [0, 0.05) is 12.1 Å². The second kappa shape index (κ2) is 7.51. The van der Waals surface area contributed by atoms with E-state index in [0.29, 0.717) is 36.6 Å². The summed E-state index contributed by atoms with van der Waals surface area (Å²) in [6.45, 7) is 10.6. The van der Waals surface area contributed by atoms with Gasteiger partial charge in [-0.2, -0.15) is 0 Å². The van der Waals surface area contributed by atoms with Gasteiger partial charge in [0.1, 0.15) is 0 Å². The maximum atomic E-state index is 13.2. The van der Waals surface area contributed by atoms with E-state index in [-0.39, 0.29) is 43.8 Å². The highest BCUT2D eigenvalue weighted by Crippen LogP contribution is 2.53. The third-order valence-electron chi connectivity index (χ3n) is 8.79. The molecule has 0 aliphatic heterocycles. The number of rotatable bonds is 6. The third-order valence-corrected chi connectivity index (χ3v) is 8.79. The van der Waals surface area contributed by atoms with Crippen molar-refractivity contribution in [3.05, 3.63) is 53.5 Å². The monoisotopic (exact) mass is 450 g/mol. The Morgan fingerprint density at radius 3 is 1.76 bits per heavy atom. The molecule has 1 aromatic carbocycles. The van der Waals surface area contributed by atoms with Crippen LogP contribution in [0, 0.1) is 29.6 Å². The molecule has 176 valence electrons. The van der Waals surface area contributed by atoms with Gasteiger partial charge in [-0.3, -0.25) is 28.3 Å². The molecule has 0 N–H and O–H groups in total. The van der Waals surface area contributed by atoms with Crippen molar-refractivity contribution < 1.29 is 0 Å². The molecule has 4 unspecified atom stereocenters. The zero-order valence-electron chi connectivity index (χ0n) is 20.3. The van der Waals surface area contributed by atoms with Gasteiger partial charge in [-0.25, -0.2) is 0 Å². The highest BCUT2D eigenvalue weighted by Gasteiger charge is 2.45. The van der Waals surface area contributed by atoms with Gasteiger partial charge in [0.2, 0.25) is 0 Å². The van der Waals surface area contributed by atoms with Gasteiger partial charge in [-0.1, -0.05) is 20.8 Å². The first-order chi connectivity index (χ1) is 15.5. The van der Waals surface area contributed by atoms with Crippen LogP contribution in [-0.2, 0) is 12.1 Å². The standard InChI is InChI=1S/C27H34N2O4/c1-6-27(4,5)29-25(32)21-11-19-20(12-22(21)26(29)33)24(31)28(23(19)30)13-18-10-16-9-17(18)8-15(16)7-14(2)3/h11-12,14-18H,6-10,13H2,1-5H3. The molecule has 0 amide bonds. The smallest absolute Gasteiger partial charge is 0.262 e. The van der Waals surface area contributed by atoms with Crippen molar-refractivity contribution in [1.29, 1.82) is 0 Å². The van der Waals surface area contributed by atoms with Gasteiger partial charge in [-0.05, 0) is 87.7 Å². The Morgan fingerprint density at radius 2 is 1.30 bits per heavy atom. The molecule has 2 aliphatic carbocycles. The summed E-state index contributed by atoms with van der Waals surface area (Å²) in [5.74, 6) is 3.14. The first kappa shape index (κ1) is 22.3. The Hall–Kier alpha value is -2.50. The summed E-state index contributed by atoms with van der Waals surface area (Å²) in [5, 5.41) is 0.994. The lowest BCUT2D eigenvalue weighted by molar-refractivity contribution is 0.211. The molecule has 0 radical (unpaired) electrons. The summed E-state index contributed by atoms with van der Waals surface area (Å²) in [6.07, 6.45) is 5.39. The topological polar surface area (TPSA) is 78.1 Å². The quantitative estimate of drug-likeness (QED) is 0.573. The van der Waals surface area contributed by atoms with Gasteiger partial charge in [0.15, 0.2) is 0 Å². The molecule has 2 saturated carbocycles. The predicted octanol–water partition coefficient (Wildman–Crippen LogP) is 3.77. The van der Waals surface area contributed by atoms with Crippen molar-refractivity contribution in [1.82, 2.24) is 9.13 Å². The maximum absolute atomic E-state index is 13.2. The summed E-state index contributed by atoms with van der Waals surface area (Å²) in [7, 11) is 0. The molecule has 6 heteroatoms. The highest BCUT2D eigenvalue weighted by atomic mass is 16.2. The minimum absolute atomic E-state index is 0.236. The van der Waals surface area contributed by atoms with E-state index < -0.39 is 5.54 Å². The average molecular weight is 451 g/mol. The van der Waals surface area contributed by atoms with E-state index in [1.807, 2.05) is 20.8 Å². The molecule has 0 saturated heterocycles. The molecule has 0 spiro atoms. The third kappa shape index (κ3) is 3.28. The highest BCUT2D eigenvalue weighted by molar-refractivity contribution is 5.97. The Kier molecular flexibility index (Phi) is 5.07. The van der Waals surface area contributed by atoms with Gasteiger partial charge in [0.25, 0.3) is 22.2 Å². The van der Waals surface area contributed by atoms with Crippen LogP contribution in [0.1, 0.15) is 66.7 Å². The molecular weight excluding hydrogens is 416 g/mol. The molecule has 4 atom stereocenters. The van der Waals surface area contributed by atoms with E-state index in [1.165, 1.54) is 40.5 Å². The van der Waals surface area contributed by atoms with Crippen molar-refractivity contribution in [2.24, 2.45) is 29.6 Å². The van der Waals surface area contributed by atoms with Crippen LogP contribution >= 0.6 is 0 Å². The molecule has 2 fully saturated rings. The molecule has 5 rings (SSSR count).